The molecule has 1 fully saturated rings. The lowest BCUT2D eigenvalue weighted by molar-refractivity contribution is -0.124. The van der Waals surface area contributed by atoms with Crippen LogP contribution in [0.25, 0.3) is 0 Å². The maximum absolute atomic E-state index is 13.6. The van der Waals surface area contributed by atoms with E-state index in [-0.39, 0.29) is 24.8 Å². The molecule has 1 saturated heterocycles. The largest absolute Gasteiger partial charge is 0.493 e. The zero-order valence-electron chi connectivity index (χ0n) is 22.6. The molecule has 0 saturated carbocycles. The Kier molecular flexibility index (Phi) is 9.34. The van der Waals surface area contributed by atoms with Crippen molar-refractivity contribution in [1.82, 2.24) is 4.90 Å². The average molecular weight is 562 g/mol. The molecule has 40 heavy (non-hydrogen) atoms. The quantitative estimate of drug-likeness (QED) is 0.271. The first-order valence-corrected chi connectivity index (χ1v) is 13.2. The Hall–Kier alpha value is -4.44. The van der Waals surface area contributed by atoms with Crippen LogP contribution < -0.4 is 19.7 Å². The fourth-order valence-electron chi connectivity index (χ4n) is 4.48. The smallest absolute Gasteiger partial charge is 0.338 e. The molecule has 3 aromatic carbocycles. The molecular formula is C30H31N3O6S. The number of benzene rings is 3. The highest BCUT2D eigenvalue weighted by molar-refractivity contribution is 7.80. The molecule has 1 N–H and O–H groups in total. The lowest BCUT2D eigenvalue weighted by Gasteiger charge is -2.24. The number of nitrogens with one attached hydrogen (secondary N) is 1. The van der Waals surface area contributed by atoms with E-state index < -0.39 is 12.0 Å². The normalized spacial score (nSPS) is 14.7. The highest BCUT2D eigenvalue weighted by Crippen LogP contribution is 2.30. The number of methoxy groups -OCH3 is 2. The molecule has 0 aliphatic carbocycles. The summed E-state index contributed by atoms with van der Waals surface area (Å²) in [5, 5.41) is 3.16. The second-order valence-corrected chi connectivity index (χ2v) is 9.36. The predicted molar refractivity (Wildman–Crippen MR) is 156 cm³/mol. The van der Waals surface area contributed by atoms with E-state index in [1.807, 2.05) is 48.5 Å². The summed E-state index contributed by atoms with van der Waals surface area (Å²) in [5.41, 5.74) is 2.50. The van der Waals surface area contributed by atoms with Crippen molar-refractivity contribution >= 4 is 46.5 Å². The monoisotopic (exact) mass is 561 g/mol. The van der Waals surface area contributed by atoms with E-state index in [9.17, 15) is 14.4 Å². The topological polar surface area (TPSA) is 97.4 Å². The highest BCUT2D eigenvalue weighted by atomic mass is 32.1. The first-order valence-electron chi connectivity index (χ1n) is 12.8. The molecule has 0 aromatic heterocycles. The van der Waals surface area contributed by atoms with Crippen LogP contribution in [0.2, 0.25) is 0 Å². The Bertz CT molecular complexity index is 1380. The third-order valence-electron chi connectivity index (χ3n) is 6.48. The van der Waals surface area contributed by atoms with Crippen molar-refractivity contribution in [1.29, 1.82) is 0 Å². The van der Waals surface area contributed by atoms with Gasteiger partial charge in [-0.1, -0.05) is 24.3 Å². The zero-order valence-corrected chi connectivity index (χ0v) is 23.4. The second-order valence-electron chi connectivity index (χ2n) is 8.99. The highest BCUT2D eigenvalue weighted by Gasteiger charge is 2.43. The molecule has 10 heteroatoms. The van der Waals surface area contributed by atoms with E-state index in [2.05, 4.69) is 5.32 Å². The fraction of sp³-hybridized carbons (Fsp3) is 0.267. The lowest BCUT2D eigenvalue weighted by atomic mass is 10.1. The van der Waals surface area contributed by atoms with Gasteiger partial charge in [-0.25, -0.2) is 4.79 Å². The van der Waals surface area contributed by atoms with Crippen molar-refractivity contribution in [2.24, 2.45) is 0 Å². The molecule has 0 radical (unpaired) electrons. The van der Waals surface area contributed by atoms with E-state index in [0.29, 0.717) is 46.5 Å². The van der Waals surface area contributed by atoms with Gasteiger partial charge in [0.1, 0.15) is 6.04 Å². The van der Waals surface area contributed by atoms with Crippen LogP contribution in [0.1, 0.15) is 29.3 Å². The third-order valence-corrected chi connectivity index (χ3v) is 6.90. The van der Waals surface area contributed by atoms with Crippen molar-refractivity contribution < 1.29 is 28.6 Å². The molecule has 1 heterocycles. The zero-order chi connectivity index (χ0) is 28.6. The van der Waals surface area contributed by atoms with E-state index >= 15 is 0 Å². The molecule has 208 valence electrons. The van der Waals surface area contributed by atoms with Gasteiger partial charge in [-0.3, -0.25) is 14.5 Å². The van der Waals surface area contributed by atoms with Crippen molar-refractivity contribution in [2.45, 2.75) is 25.8 Å². The number of carbonyl (C=O) groups excluding carboxylic acids is 3. The Morgan fingerprint density at radius 1 is 0.950 bits per heavy atom. The van der Waals surface area contributed by atoms with Crippen molar-refractivity contribution in [3.8, 4) is 11.5 Å². The van der Waals surface area contributed by atoms with Crippen molar-refractivity contribution in [3.05, 3.63) is 83.9 Å². The SMILES string of the molecule is CCOC(=O)c1ccc(NC(=O)C[C@@H]2C(=O)N(c3ccccc3)C(=S)N2CCc2ccc(OC)c(OC)c2)cc1. The lowest BCUT2D eigenvalue weighted by Crippen LogP contribution is -2.39. The molecule has 0 bridgehead atoms. The number of hydrogen-bond acceptors (Lipinski definition) is 7. The van der Waals surface area contributed by atoms with Crippen LogP contribution in [-0.2, 0) is 20.7 Å². The van der Waals surface area contributed by atoms with Crippen molar-refractivity contribution in [3.63, 3.8) is 0 Å². The standard InChI is InChI=1S/C30H31N3O6S/c1-4-39-29(36)21-11-13-22(14-12-21)31-27(34)19-24-28(35)33(23-8-6-5-7-9-23)30(40)32(24)17-16-20-10-15-25(37-2)26(18-20)38-3/h5-15,18,24H,4,16-17,19H2,1-3H3,(H,31,34)/t24-/m1/s1. The minimum absolute atomic E-state index is 0.103. The first kappa shape index (κ1) is 28.6. The Labute approximate surface area is 238 Å². The Balaban J connectivity index is 1.51. The molecule has 1 aliphatic heterocycles. The van der Waals surface area contributed by atoms with Crippen LogP contribution in [0, 0.1) is 0 Å². The molecule has 2 amide bonds. The number of esters is 1. The molecule has 3 aromatic rings. The number of hydrogen-bond donors (Lipinski definition) is 1. The molecule has 1 atom stereocenters. The summed E-state index contributed by atoms with van der Waals surface area (Å²) >= 11 is 5.76. The van der Waals surface area contributed by atoms with Gasteiger partial charge in [0.05, 0.1) is 38.5 Å². The summed E-state index contributed by atoms with van der Waals surface area (Å²) in [6.45, 7) is 2.42. The molecule has 0 spiro atoms. The summed E-state index contributed by atoms with van der Waals surface area (Å²) in [5.74, 6) is 0.179. The van der Waals surface area contributed by atoms with Gasteiger partial charge in [-0.05, 0) is 79.7 Å². The first-order chi connectivity index (χ1) is 19.4. The number of thiocarbonyl (C=S) groups is 1. The van der Waals surface area contributed by atoms with Gasteiger partial charge in [-0.2, -0.15) is 0 Å². The van der Waals surface area contributed by atoms with E-state index in [0.717, 1.165) is 5.56 Å². The van der Waals surface area contributed by atoms with Crippen LogP contribution in [0.15, 0.2) is 72.8 Å². The minimum atomic E-state index is -0.786. The number of anilines is 2. The van der Waals surface area contributed by atoms with Gasteiger partial charge in [0.15, 0.2) is 16.6 Å². The number of carbonyl (C=O) groups is 3. The molecule has 0 unspecified atom stereocenters. The maximum atomic E-state index is 13.6. The van der Waals surface area contributed by atoms with Crippen LogP contribution in [0.3, 0.4) is 0 Å². The third kappa shape index (κ3) is 6.40. The molecule has 1 aliphatic rings. The molecular weight excluding hydrogens is 530 g/mol. The Morgan fingerprint density at radius 3 is 2.30 bits per heavy atom. The van der Waals surface area contributed by atoms with Crippen LogP contribution in [0.5, 0.6) is 11.5 Å². The molecule has 9 nitrogen and oxygen atoms in total. The van der Waals surface area contributed by atoms with E-state index in [1.54, 1.807) is 50.3 Å². The number of amides is 2. The van der Waals surface area contributed by atoms with Gasteiger partial charge in [0, 0.05) is 12.2 Å². The summed E-state index contributed by atoms with van der Waals surface area (Å²) in [6, 6.07) is 20.4. The number of ether oxygens (including phenoxy) is 3. The fourth-order valence-corrected chi connectivity index (χ4v) is 4.89. The van der Waals surface area contributed by atoms with Gasteiger partial charge in [-0.15, -0.1) is 0 Å². The van der Waals surface area contributed by atoms with Gasteiger partial charge < -0.3 is 24.4 Å². The molecule has 4 rings (SSSR count). The van der Waals surface area contributed by atoms with Crippen LogP contribution in [-0.4, -0.2) is 61.2 Å². The van der Waals surface area contributed by atoms with Crippen LogP contribution >= 0.6 is 12.2 Å². The van der Waals surface area contributed by atoms with Gasteiger partial charge >= 0.3 is 5.97 Å². The van der Waals surface area contributed by atoms with Crippen molar-refractivity contribution in [2.75, 3.05) is 37.6 Å². The second kappa shape index (κ2) is 13.1. The Morgan fingerprint density at radius 2 is 1.65 bits per heavy atom. The van der Waals surface area contributed by atoms with Gasteiger partial charge in [0.25, 0.3) is 5.91 Å². The maximum Gasteiger partial charge on any atom is 0.338 e. The number of nitrogens with zero attached hydrogens (tertiary/aromatic N) is 2. The van der Waals surface area contributed by atoms with Gasteiger partial charge in [0.2, 0.25) is 5.91 Å². The number of rotatable bonds is 11. The number of para-hydroxylation sites is 1. The van der Waals surface area contributed by atoms with E-state index in [1.165, 1.54) is 4.90 Å². The summed E-state index contributed by atoms with van der Waals surface area (Å²) < 4.78 is 15.7. The summed E-state index contributed by atoms with van der Waals surface area (Å²) in [6.07, 6.45) is 0.456. The van der Waals surface area contributed by atoms with Crippen LogP contribution in [0.4, 0.5) is 11.4 Å². The summed E-state index contributed by atoms with van der Waals surface area (Å²) in [4.78, 5) is 41.9. The predicted octanol–water partition coefficient (Wildman–Crippen LogP) is 4.45. The average Bonchev–Trinajstić information content (AvgIpc) is 3.20. The minimum Gasteiger partial charge on any atom is -0.493 e. The van der Waals surface area contributed by atoms with E-state index in [4.69, 9.17) is 26.4 Å². The summed E-state index contributed by atoms with van der Waals surface area (Å²) in [7, 11) is 3.15.